The van der Waals surface area contributed by atoms with E-state index in [1.807, 2.05) is 32.7 Å². The van der Waals surface area contributed by atoms with Gasteiger partial charge in [0.25, 0.3) is 0 Å². The number of amides is 1. The molecular weight excluding hydrogens is 544 g/mol. The summed E-state index contributed by atoms with van der Waals surface area (Å²) in [5.74, 6) is 2.71. The van der Waals surface area contributed by atoms with Crippen LogP contribution in [-0.4, -0.2) is 53.8 Å². The molecule has 0 radical (unpaired) electrons. The minimum Gasteiger partial charge on any atom is -0.444 e. The van der Waals surface area contributed by atoms with Gasteiger partial charge in [-0.3, -0.25) is 4.90 Å². The van der Waals surface area contributed by atoms with Crippen LogP contribution in [0.3, 0.4) is 0 Å². The van der Waals surface area contributed by atoms with Crippen LogP contribution in [-0.2, 0) is 9.47 Å². The van der Waals surface area contributed by atoms with E-state index < -0.39 is 5.60 Å². The topological polar surface area (TPSA) is 42.0 Å². The zero-order chi connectivity index (χ0) is 31.8. The molecule has 244 valence electrons. The zero-order valence-corrected chi connectivity index (χ0v) is 29.6. The number of hydrogen-bond donors (Lipinski definition) is 0. The minimum absolute atomic E-state index is 0.0359. The quantitative estimate of drug-likeness (QED) is 0.338. The molecule has 2 spiro atoms. The molecule has 1 amide bonds. The van der Waals surface area contributed by atoms with Gasteiger partial charge in [0.2, 0.25) is 0 Å². The van der Waals surface area contributed by atoms with Crippen molar-refractivity contribution in [2.75, 3.05) is 14.1 Å². The van der Waals surface area contributed by atoms with Gasteiger partial charge in [-0.1, -0.05) is 65.0 Å². The molecule has 5 aliphatic carbocycles. The zero-order valence-electron chi connectivity index (χ0n) is 29.6. The van der Waals surface area contributed by atoms with Gasteiger partial charge >= 0.3 is 6.09 Å². The average molecular weight is 605 g/mol. The van der Waals surface area contributed by atoms with Crippen LogP contribution in [0, 0.1) is 50.7 Å². The normalized spacial score (nSPS) is 49.1. The standard InChI is InChI=1S/C39H60N2O3/c1-24-31-27(43-32(40(24)10)26-15-13-12-14-16-26)23-37(9)29-18-17-28-35(6,7)30(41(11)33(42)44-34(3,4)5)19-20-38(28)25(2)39(29,38)22-21-36(31,37)8/h12-16,24-25,27-32H,17-23H2,1-11H3/t24-,25+,27+,28-,29-,30-,31?,32?,36+,37-,38+,39-/m0/s1. The molecule has 0 N–H and O–H groups in total. The van der Waals surface area contributed by atoms with Crippen LogP contribution in [0.4, 0.5) is 4.79 Å². The highest BCUT2D eigenvalue weighted by molar-refractivity contribution is 5.68. The highest BCUT2D eigenvalue weighted by atomic mass is 16.6. The Hall–Kier alpha value is -1.59. The molecule has 1 aliphatic heterocycles. The monoisotopic (exact) mass is 604 g/mol. The first-order chi connectivity index (χ1) is 20.5. The molecule has 1 saturated heterocycles. The molecule has 1 aromatic carbocycles. The SMILES string of the molecule is C[C@H]1[C@@]23CC[C@]4(C)C5[C@@H](C[C@@]4(C)[C@@H]2CC[C@H]2C(C)(C)[C@@H](N(C)C(=O)OC(C)(C)C)CC[C@@]123)OC(c1ccccc1)N(C)[C@H]5C. The van der Waals surface area contributed by atoms with Gasteiger partial charge in [0, 0.05) is 25.0 Å². The molecule has 6 aliphatic rings. The number of carbonyl (C=O) groups excluding carboxylic acids is 1. The Morgan fingerprint density at radius 3 is 2.23 bits per heavy atom. The van der Waals surface area contributed by atoms with Crippen molar-refractivity contribution in [1.82, 2.24) is 9.80 Å². The summed E-state index contributed by atoms with van der Waals surface area (Å²) in [6.45, 7) is 21.4. The molecule has 1 heterocycles. The van der Waals surface area contributed by atoms with E-state index in [9.17, 15) is 4.79 Å². The number of nitrogens with zero attached hydrogens (tertiary/aromatic N) is 2. The van der Waals surface area contributed by atoms with Crippen molar-refractivity contribution in [2.45, 2.75) is 137 Å². The predicted molar refractivity (Wildman–Crippen MR) is 176 cm³/mol. The van der Waals surface area contributed by atoms with Gasteiger partial charge in [0.15, 0.2) is 0 Å². The Labute approximate surface area is 267 Å². The largest absolute Gasteiger partial charge is 0.444 e. The maximum Gasteiger partial charge on any atom is 0.410 e. The molecule has 0 aromatic heterocycles. The summed E-state index contributed by atoms with van der Waals surface area (Å²) in [5.41, 5.74) is 2.25. The molecule has 5 nitrogen and oxygen atoms in total. The van der Waals surface area contributed by atoms with Gasteiger partial charge in [0.05, 0.1) is 6.10 Å². The summed E-state index contributed by atoms with van der Waals surface area (Å²) in [7, 11) is 4.28. The molecule has 12 atom stereocenters. The van der Waals surface area contributed by atoms with Crippen molar-refractivity contribution in [2.24, 2.45) is 50.7 Å². The van der Waals surface area contributed by atoms with E-state index in [1.54, 1.807) is 0 Å². The van der Waals surface area contributed by atoms with Crippen LogP contribution in [0.2, 0.25) is 0 Å². The maximum atomic E-state index is 13.3. The summed E-state index contributed by atoms with van der Waals surface area (Å²) in [5, 5.41) is 0. The van der Waals surface area contributed by atoms with Crippen molar-refractivity contribution in [3.8, 4) is 0 Å². The summed E-state index contributed by atoms with van der Waals surface area (Å²) in [4.78, 5) is 17.8. The Morgan fingerprint density at radius 2 is 1.57 bits per heavy atom. The fourth-order valence-corrected chi connectivity index (χ4v) is 13.9. The third-order valence-electron chi connectivity index (χ3n) is 15.9. The molecule has 6 fully saturated rings. The highest BCUT2D eigenvalue weighted by Gasteiger charge is 2.86. The number of hydrogen-bond acceptors (Lipinski definition) is 4. The Kier molecular flexibility index (Phi) is 6.69. The van der Waals surface area contributed by atoms with Gasteiger partial charge in [-0.25, -0.2) is 4.79 Å². The van der Waals surface area contributed by atoms with E-state index in [0.29, 0.717) is 34.8 Å². The fraction of sp³-hybridized carbons (Fsp3) is 0.821. The number of carbonyl (C=O) groups is 1. The van der Waals surface area contributed by atoms with Crippen LogP contribution >= 0.6 is 0 Å². The van der Waals surface area contributed by atoms with Crippen LogP contribution in [0.5, 0.6) is 0 Å². The molecule has 0 bridgehead atoms. The van der Waals surface area contributed by atoms with Crippen molar-refractivity contribution >= 4 is 6.09 Å². The second kappa shape index (κ2) is 9.49. The Balaban J connectivity index is 1.19. The lowest BCUT2D eigenvalue weighted by molar-refractivity contribution is -0.197. The molecular formula is C39H60N2O3. The lowest BCUT2D eigenvalue weighted by Gasteiger charge is -2.64. The minimum atomic E-state index is -0.474. The third-order valence-corrected chi connectivity index (χ3v) is 15.9. The van der Waals surface area contributed by atoms with Crippen LogP contribution in [0.1, 0.15) is 119 Å². The molecule has 2 unspecified atom stereocenters. The lowest BCUT2D eigenvalue weighted by Crippen LogP contribution is -2.61. The average Bonchev–Trinajstić information content (AvgIpc) is 3.37. The second-order valence-corrected chi connectivity index (χ2v) is 18.4. The fourth-order valence-electron chi connectivity index (χ4n) is 13.9. The number of ether oxygens (including phenoxy) is 2. The Morgan fingerprint density at radius 1 is 0.932 bits per heavy atom. The summed E-state index contributed by atoms with van der Waals surface area (Å²) in [6, 6.07) is 11.6. The van der Waals surface area contributed by atoms with Crippen molar-refractivity contribution in [3.63, 3.8) is 0 Å². The van der Waals surface area contributed by atoms with Gasteiger partial charge < -0.3 is 14.4 Å². The first-order valence-electron chi connectivity index (χ1n) is 17.9. The third kappa shape index (κ3) is 3.69. The summed E-state index contributed by atoms with van der Waals surface area (Å²) >= 11 is 0. The van der Waals surface area contributed by atoms with Crippen molar-refractivity contribution in [1.29, 1.82) is 0 Å². The van der Waals surface area contributed by atoms with Crippen molar-refractivity contribution < 1.29 is 14.3 Å². The van der Waals surface area contributed by atoms with Gasteiger partial charge in [-0.2, -0.15) is 0 Å². The van der Waals surface area contributed by atoms with E-state index in [2.05, 4.69) is 83.8 Å². The number of fused-ring (bicyclic) bond motifs is 4. The summed E-state index contributed by atoms with van der Waals surface area (Å²) in [6.07, 6.45) is 9.01. The van der Waals surface area contributed by atoms with Gasteiger partial charge in [0.1, 0.15) is 11.8 Å². The molecule has 7 rings (SSSR count). The Bertz CT molecular complexity index is 1310. The van der Waals surface area contributed by atoms with Crippen molar-refractivity contribution in [3.05, 3.63) is 35.9 Å². The first-order valence-corrected chi connectivity index (χ1v) is 17.9. The van der Waals surface area contributed by atoms with Gasteiger partial charge in [-0.15, -0.1) is 0 Å². The van der Waals surface area contributed by atoms with Crippen LogP contribution in [0.25, 0.3) is 0 Å². The molecule has 5 saturated carbocycles. The summed E-state index contributed by atoms with van der Waals surface area (Å²) < 4.78 is 13.0. The predicted octanol–water partition coefficient (Wildman–Crippen LogP) is 8.93. The molecule has 5 heteroatoms. The van der Waals surface area contributed by atoms with Crippen LogP contribution in [0.15, 0.2) is 30.3 Å². The first kappa shape index (κ1) is 31.0. The van der Waals surface area contributed by atoms with E-state index in [1.165, 1.54) is 44.1 Å². The van der Waals surface area contributed by atoms with E-state index in [4.69, 9.17) is 9.47 Å². The smallest absolute Gasteiger partial charge is 0.410 e. The van der Waals surface area contributed by atoms with Crippen LogP contribution < -0.4 is 0 Å². The molecule has 1 aromatic rings. The lowest BCUT2D eigenvalue weighted by atomic mass is 9.41. The van der Waals surface area contributed by atoms with E-state index in [0.717, 1.165) is 18.3 Å². The second-order valence-electron chi connectivity index (χ2n) is 18.4. The number of rotatable bonds is 2. The number of benzene rings is 1. The highest BCUT2D eigenvalue weighted by Crippen LogP contribution is 2.91. The van der Waals surface area contributed by atoms with E-state index in [-0.39, 0.29) is 34.6 Å². The van der Waals surface area contributed by atoms with Gasteiger partial charge in [-0.05, 0) is 130 Å². The van der Waals surface area contributed by atoms with E-state index >= 15 is 0 Å². The maximum absolute atomic E-state index is 13.3. The molecule has 44 heavy (non-hydrogen) atoms.